The van der Waals surface area contributed by atoms with Gasteiger partial charge in [-0.05, 0) is 35.2 Å². The van der Waals surface area contributed by atoms with Gasteiger partial charge in [0.05, 0.1) is 17.0 Å². The minimum absolute atomic E-state index is 0.225. The van der Waals surface area contributed by atoms with Gasteiger partial charge in [-0.2, -0.15) is 4.98 Å². The summed E-state index contributed by atoms with van der Waals surface area (Å²) in [5, 5.41) is 5.54. The fourth-order valence-corrected chi connectivity index (χ4v) is 4.84. The predicted molar refractivity (Wildman–Crippen MR) is 122 cm³/mol. The Morgan fingerprint density at radius 1 is 0.844 bits per heavy atom. The minimum Gasteiger partial charge on any atom is -0.339 e. The van der Waals surface area contributed by atoms with E-state index in [9.17, 15) is 8.42 Å². The first-order valence-electron chi connectivity index (χ1n) is 9.92. The molecule has 0 saturated carbocycles. The second-order valence-electron chi connectivity index (χ2n) is 7.16. The Hall–Kier alpha value is -4.04. The van der Waals surface area contributed by atoms with Crippen molar-refractivity contribution in [2.24, 2.45) is 0 Å². The van der Waals surface area contributed by atoms with Gasteiger partial charge < -0.3 is 4.52 Å². The van der Waals surface area contributed by atoms with Crippen LogP contribution < -0.4 is 4.72 Å². The Labute approximate surface area is 184 Å². The number of fused-ring (bicyclic) bond motifs is 1. The van der Waals surface area contributed by atoms with Gasteiger partial charge in [0, 0.05) is 23.3 Å². The Morgan fingerprint density at radius 2 is 1.59 bits per heavy atom. The van der Waals surface area contributed by atoms with Crippen LogP contribution >= 0.6 is 0 Å². The Balaban J connectivity index is 1.45. The van der Waals surface area contributed by atoms with E-state index >= 15 is 0 Å². The van der Waals surface area contributed by atoms with Crippen LogP contribution in [0.25, 0.3) is 22.2 Å². The predicted octanol–water partition coefficient (Wildman–Crippen LogP) is 4.68. The lowest BCUT2D eigenvalue weighted by Crippen LogP contribution is -2.14. The molecular formula is C24H18N4O3S. The Kier molecular flexibility index (Phi) is 5.12. The van der Waals surface area contributed by atoms with Gasteiger partial charge in [-0.3, -0.25) is 9.71 Å². The van der Waals surface area contributed by atoms with Gasteiger partial charge >= 0.3 is 0 Å². The van der Waals surface area contributed by atoms with E-state index in [2.05, 4.69) is 19.8 Å². The van der Waals surface area contributed by atoms with Crippen LogP contribution in [0.15, 0.2) is 101 Å². The topological polar surface area (TPSA) is 98.0 Å². The van der Waals surface area contributed by atoms with Gasteiger partial charge in [-0.1, -0.05) is 59.8 Å². The number of nitrogens with one attached hydrogen (secondary N) is 1. The number of nitrogens with zero attached hydrogens (tertiary/aromatic N) is 3. The molecule has 158 valence electrons. The molecule has 0 bridgehead atoms. The third kappa shape index (κ3) is 3.95. The molecule has 0 atom stereocenters. The molecule has 32 heavy (non-hydrogen) atoms. The number of anilines is 1. The van der Waals surface area contributed by atoms with Crippen LogP contribution in [0.2, 0.25) is 0 Å². The number of aromatic nitrogens is 3. The summed E-state index contributed by atoms with van der Waals surface area (Å²) in [7, 11) is -3.82. The van der Waals surface area contributed by atoms with Gasteiger partial charge in [0.1, 0.15) is 0 Å². The van der Waals surface area contributed by atoms with Crippen molar-refractivity contribution in [3.8, 4) is 11.4 Å². The molecule has 0 radical (unpaired) electrons. The normalized spacial score (nSPS) is 11.5. The average molecular weight is 443 g/mol. The second kappa shape index (κ2) is 8.24. The van der Waals surface area contributed by atoms with E-state index in [-0.39, 0.29) is 11.3 Å². The zero-order chi connectivity index (χ0) is 22.0. The molecule has 0 spiro atoms. The maximum absolute atomic E-state index is 13.2. The zero-order valence-corrected chi connectivity index (χ0v) is 17.7. The first-order valence-corrected chi connectivity index (χ1v) is 11.4. The van der Waals surface area contributed by atoms with Gasteiger partial charge in [0.2, 0.25) is 11.7 Å². The monoisotopic (exact) mass is 442 g/mol. The number of rotatable bonds is 6. The molecule has 0 aliphatic rings. The van der Waals surface area contributed by atoms with Crippen molar-refractivity contribution in [3.63, 3.8) is 0 Å². The summed E-state index contributed by atoms with van der Waals surface area (Å²) >= 11 is 0. The molecule has 5 aromatic rings. The molecule has 0 unspecified atom stereocenters. The van der Waals surface area contributed by atoms with Crippen LogP contribution in [-0.4, -0.2) is 23.5 Å². The van der Waals surface area contributed by atoms with Crippen LogP contribution in [-0.2, 0) is 16.4 Å². The summed E-state index contributed by atoms with van der Waals surface area (Å²) in [5.41, 5.74) is 1.98. The summed E-state index contributed by atoms with van der Waals surface area (Å²) in [6.07, 6.45) is 3.60. The molecule has 0 fully saturated rings. The Morgan fingerprint density at radius 3 is 2.47 bits per heavy atom. The second-order valence-corrected chi connectivity index (χ2v) is 8.82. The van der Waals surface area contributed by atoms with Crippen molar-refractivity contribution in [3.05, 3.63) is 103 Å². The summed E-state index contributed by atoms with van der Waals surface area (Å²) in [4.78, 5) is 8.64. The van der Waals surface area contributed by atoms with E-state index in [1.165, 1.54) is 0 Å². The van der Waals surface area contributed by atoms with Crippen LogP contribution in [0.5, 0.6) is 0 Å². The fraction of sp³-hybridized carbons (Fsp3) is 0.0417. The van der Waals surface area contributed by atoms with Gasteiger partial charge in [-0.15, -0.1) is 0 Å². The number of benzene rings is 3. The molecule has 0 aliphatic heterocycles. The van der Waals surface area contributed by atoms with E-state index in [4.69, 9.17) is 4.52 Å². The van der Waals surface area contributed by atoms with Crippen LogP contribution in [0.4, 0.5) is 5.69 Å². The van der Waals surface area contributed by atoms with Gasteiger partial charge in [0.25, 0.3) is 10.0 Å². The fourth-order valence-electron chi connectivity index (χ4n) is 3.51. The minimum atomic E-state index is -3.82. The molecule has 8 heteroatoms. The highest BCUT2D eigenvalue weighted by Gasteiger charge is 2.19. The van der Waals surface area contributed by atoms with E-state index < -0.39 is 10.0 Å². The van der Waals surface area contributed by atoms with Crippen molar-refractivity contribution < 1.29 is 12.9 Å². The standard InChI is InChI=1S/C24H18N4O3S/c29-32(30,22-11-5-8-17-6-1-3-9-20(17)22)28-21-10-4-2-7-19(21)16-23-26-24(27-31-23)18-12-14-25-15-13-18/h1-15,28H,16H2. The van der Waals surface area contributed by atoms with Crippen molar-refractivity contribution in [1.29, 1.82) is 0 Å². The lowest BCUT2D eigenvalue weighted by atomic mass is 10.1. The summed E-state index contributed by atoms with van der Waals surface area (Å²) in [5.74, 6) is 0.838. The highest BCUT2D eigenvalue weighted by atomic mass is 32.2. The van der Waals surface area contributed by atoms with Gasteiger partial charge in [-0.25, -0.2) is 8.42 Å². The third-order valence-electron chi connectivity index (χ3n) is 5.05. The molecule has 1 N–H and O–H groups in total. The molecule has 2 heterocycles. The lowest BCUT2D eigenvalue weighted by Gasteiger charge is -2.13. The number of pyridine rings is 1. The average Bonchev–Trinajstić information content (AvgIpc) is 3.29. The van der Waals surface area contributed by atoms with Crippen molar-refractivity contribution in [1.82, 2.24) is 15.1 Å². The van der Waals surface area contributed by atoms with Crippen LogP contribution in [0.1, 0.15) is 11.5 Å². The van der Waals surface area contributed by atoms with E-state index in [0.717, 1.165) is 16.5 Å². The highest BCUT2D eigenvalue weighted by molar-refractivity contribution is 7.93. The smallest absolute Gasteiger partial charge is 0.262 e. The molecule has 2 aromatic heterocycles. The number of hydrogen-bond donors (Lipinski definition) is 1. The molecule has 7 nitrogen and oxygen atoms in total. The van der Waals surface area contributed by atoms with E-state index in [0.29, 0.717) is 22.8 Å². The summed E-state index contributed by atoms with van der Waals surface area (Å²) < 4.78 is 34.6. The van der Waals surface area contributed by atoms with Crippen molar-refractivity contribution in [2.45, 2.75) is 11.3 Å². The molecule has 3 aromatic carbocycles. The third-order valence-corrected chi connectivity index (χ3v) is 6.47. The molecule has 0 saturated heterocycles. The number of hydrogen-bond acceptors (Lipinski definition) is 6. The van der Waals surface area contributed by atoms with E-state index in [1.54, 1.807) is 54.9 Å². The largest absolute Gasteiger partial charge is 0.339 e. The SMILES string of the molecule is O=S(=O)(Nc1ccccc1Cc1nc(-c2ccncc2)no1)c1cccc2ccccc12. The maximum Gasteiger partial charge on any atom is 0.262 e. The van der Waals surface area contributed by atoms with Crippen LogP contribution in [0.3, 0.4) is 0 Å². The molecular weight excluding hydrogens is 424 g/mol. The Bertz CT molecular complexity index is 1490. The summed E-state index contributed by atoms with van der Waals surface area (Å²) in [6.45, 7) is 0. The first-order chi connectivity index (χ1) is 15.6. The van der Waals surface area contributed by atoms with Crippen molar-refractivity contribution >= 4 is 26.5 Å². The highest BCUT2D eigenvalue weighted by Crippen LogP contribution is 2.27. The zero-order valence-electron chi connectivity index (χ0n) is 16.8. The lowest BCUT2D eigenvalue weighted by molar-refractivity contribution is 0.386. The van der Waals surface area contributed by atoms with Gasteiger partial charge in [0.15, 0.2) is 0 Å². The number of para-hydroxylation sites is 1. The van der Waals surface area contributed by atoms with Crippen molar-refractivity contribution in [2.75, 3.05) is 4.72 Å². The summed E-state index contributed by atoms with van der Waals surface area (Å²) in [6, 6.07) is 23.4. The molecule has 0 aliphatic carbocycles. The quantitative estimate of drug-likeness (QED) is 0.410. The molecule has 5 rings (SSSR count). The number of sulfonamides is 1. The first kappa shape index (κ1) is 19.9. The molecule has 0 amide bonds. The van der Waals surface area contributed by atoms with E-state index in [1.807, 2.05) is 36.4 Å². The maximum atomic E-state index is 13.2. The van der Waals surface area contributed by atoms with Crippen LogP contribution in [0, 0.1) is 0 Å².